The van der Waals surface area contributed by atoms with Crippen LogP contribution in [0.15, 0.2) is 65.5 Å². The molecular weight excluding hydrogens is 333 g/mol. The number of aromatic nitrogens is 2. The summed E-state index contributed by atoms with van der Waals surface area (Å²) in [6, 6.07) is 16.5. The highest BCUT2D eigenvalue weighted by atomic mass is 19.1. The van der Waals surface area contributed by atoms with Gasteiger partial charge in [0.15, 0.2) is 0 Å². The van der Waals surface area contributed by atoms with Crippen LogP contribution in [0.2, 0.25) is 0 Å². The minimum Gasteiger partial charge on any atom is -0.350 e. The van der Waals surface area contributed by atoms with Gasteiger partial charge < -0.3 is 5.32 Å². The van der Waals surface area contributed by atoms with Crippen LogP contribution in [0.5, 0.6) is 0 Å². The number of aryl methyl sites for hydroxylation is 1. The summed E-state index contributed by atoms with van der Waals surface area (Å²) >= 11 is 0. The lowest BCUT2D eigenvalue weighted by Gasteiger charge is -2.13. The third-order valence-electron chi connectivity index (χ3n) is 3.87. The first-order valence-electron chi connectivity index (χ1n) is 8.18. The molecule has 3 aromatic rings. The Kier molecular flexibility index (Phi) is 5.22. The van der Waals surface area contributed by atoms with E-state index in [9.17, 15) is 14.0 Å². The summed E-state index contributed by atoms with van der Waals surface area (Å²) in [5.74, 6) is -0.198. The topological polar surface area (TPSA) is 64.0 Å². The van der Waals surface area contributed by atoms with Gasteiger partial charge in [-0.2, -0.15) is 0 Å². The van der Waals surface area contributed by atoms with E-state index < -0.39 is 0 Å². The Balaban J connectivity index is 1.79. The van der Waals surface area contributed by atoms with Gasteiger partial charge in [0.25, 0.3) is 5.56 Å². The van der Waals surface area contributed by atoms with Crippen molar-refractivity contribution in [1.29, 1.82) is 0 Å². The van der Waals surface area contributed by atoms with Crippen LogP contribution in [0, 0.1) is 12.7 Å². The largest absolute Gasteiger partial charge is 0.350 e. The van der Waals surface area contributed by atoms with Crippen molar-refractivity contribution in [3.63, 3.8) is 0 Å². The number of amides is 1. The third-order valence-corrected chi connectivity index (χ3v) is 3.87. The number of halogens is 1. The van der Waals surface area contributed by atoms with Gasteiger partial charge in [-0.15, -0.1) is 0 Å². The van der Waals surface area contributed by atoms with E-state index in [-0.39, 0.29) is 30.4 Å². The first-order valence-corrected chi connectivity index (χ1v) is 8.18. The van der Waals surface area contributed by atoms with Crippen LogP contribution in [-0.2, 0) is 17.9 Å². The highest BCUT2D eigenvalue weighted by Crippen LogP contribution is 2.15. The van der Waals surface area contributed by atoms with Gasteiger partial charge in [-0.05, 0) is 24.6 Å². The molecule has 5 nitrogen and oxygen atoms in total. The molecule has 0 unspecified atom stereocenters. The van der Waals surface area contributed by atoms with Crippen molar-refractivity contribution in [3.05, 3.63) is 88.1 Å². The number of nitrogens with one attached hydrogen (secondary N) is 1. The van der Waals surface area contributed by atoms with Crippen LogP contribution in [0.25, 0.3) is 11.4 Å². The zero-order valence-electron chi connectivity index (χ0n) is 14.3. The van der Waals surface area contributed by atoms with E-state index in [2.05, 4.69) is 10.3 Å². The quantitative estimate of drug-likeness (QED) is 0.769. The normalized spacial score (nSPS) is 10.5. The van der Waals surface area contributed by atoms with Crippen LogP contribution in [0.4, 0.5) is 4.39 Å². The summed E-state index contributed by atoms with van der Waals surface area (Å²) in [6.07, 6.45) is 0. The maximum atomic E-state index is 12.9. The number of benzene rings is 2. The fraction of sp³-hybridized carbons (Fsp3) is 0.150. The second-order valence-electron chi connectivity index (χ2n) is 5.91. The monoisotopic (exact) mass is 351 g/mol. The van der Waals surface area contributed by atoms with Crippen LogP contribution in [0.3, 0.4) is 0 Å². The Morgan fingerprint density at radius 3 is 2.50 bits per heavy atom. The molecule has 2 aromatic carbocycles. The molecule has 3 rings (SSSR count). The molecule has 0 bridgehead atoms. The SMILES string of the molecule is Cc1cc(=O)n(CC(=O)NCc2ccc(F)cc2)c(-c2ccccc2)n1. The fourth-order valence-electron chi connectivity index (χ4n) is 2.58. The molecule has 0 aliphatic rings. The number of rotatable bonds is 5. The number of hydrogen-bond acceptors (Lipinski definition) is 3. The first kappa shape index (κ1) is 17.5. The second-order valence-corrected chi connectivity index (χ2v) is 5.91. The summed E-state index contributed by atoms with van der Waals surface area (Å²) in [5.41, 5.74) is 1.85. The number of hydrogen-bond donors (Lipinski definition) is 1. The van der Waals surface area contributed by atoms with Gasteiger partial charge in [-0.25, -0.2) is 9.37 Å². The first-order chi connectivity index (χ1) is 12.5. The van der Waals surface area contributed by atoms with Gasteiger partial charge in [0, 0.05) is 23.9 Å². The molecule has 0 saturated heterocycles. The van der Waals surface area contributed by atoms with E-state index >= 15 is 0 Å². The second kappa shape index (κ2) is 7.74. The van der Waals surface area contributed by atoms with Crippen LogP contribution >= 0.6 is 0 Å². The van der Waals surface area contributed by atoms with Crippen LogP contribution in [0.1, 0.15) is 11.3 Å². The maximum Gasteiger partial charge on any atom is 0.254 e. The Morgan fingerprint density at radius 1 is 1.12 bits per heavy atom. The van der Waals surface area contributed by atoms with E-state index in [0.717, 1.165) is 11.1 Å². The average Bonchev–Trinajstić information content (AvgIpc) is 2.64. The highest BCUT2D eigenvalue weighted by molar-refractivity contribution is 5.76. The van der Waals surface area contributed by atoms with Gasteiger partial charge in [0.1, 0.15) is 18.2 Å². The molecular formula is C20H18FN3O2. The average molecular weight is 351 g/mol. The van der Waals surface area contributed by atoms with Crippen LogP contribution < -0.4 is 10.9 Å². The van der Waals surface area contributed by atoms with E-state index in [1.54, 1.807) is 19.1 Å². The molecule has 0 atom stereocenters. The Morgan fingerprint density at radius 2 is 1.81 bits per heavy atom. The summed E-state index contributed by atoms with van der Waals surface area (Å²) in [4.78, 5) is 29.1. The molecule has 0 spiro atoms. The van der Waals surface area contributed by atoms with E-state index in [4.69, 9.17) is 0 Å². The van der Waals surface area contributed by atoms with Gasteiger partial charge >= 0.3 is 0 Å². The number of carbonyl (C=O) groups is 1. The van der Waals surface area contributed by atoms with Crippen molar-refractivity contribution >= 4 is 5.91 Å². The van der Waals surface area contributed by atoms with Crippen molar-refractivity contribution in [2.75, 3.05) is 0 Å². The molecule has 1 heterocycles. The fourth-order valence-corrected chi connectivity index (χ4v) is 2.58. The molecule has 1 aromatic heterocycles. The Labute approximate surface area is 150 Å². The molecule has 1 N–H and O–H groups in total. The van der Waals surface area contributed by atoms with Gasteiger partial charge in [-0.1, -0.05) is 42.5 Å². The molecule has 0 aliphatic carbocycles. The Bertz CT molecular complexity index is 967. The zero-order chi connectivity index (χ0) is 18.5. The summed E-state index contributed by atoms with van der Waals surface area (Å²) in [6.45, 7) is 1.86. The van der Waals surface area contributed by atoms with Gasteiger partial charge in [0.2, 0.25) is 5.91 Å². The molecule has 132 valence electrons. The standard InChI is InChI=1S/C20H18FN3O2/c1-14-11-19(26)24(20(23-14)16-5-3-2-4-6-16)13-18(25)22-12-15-7-9-17(21)10-8-15/h2-11H,12-13H2,1H3,(H,22,25). The predicted octanol–water partition coefficient (Wildman–Crippen LogP) is 2.67. The smallest absolute Gasteiger partial charge is 0.254 e. The van der Waals surface area contributed by atoms with Crippen molar-refractivity contribution in [2.45, 2.75) is 20.0 Å². The highest BCUT2D eigenvalue weighted by Gasteiger charge is 2.12. The lowest BCUT2D eigenvalue weighted by molar-refractivity contribution is -0.121. The lowest BCUT2D eigenvalue weighted by Crippen LogP contribution is -2.33. The third kappa shape index (κ3) is 4.22. The number of nitrogens with zero attached hydrogens (tertiary/aromatic N) is 2. The van der Waals surface area contributed by atoms with Crippen molar-refractivity contribution in [2.24, 2.45) is 0 Å². The molecule has 0 aliphatic heterocycles. The van der Waals surface area contributed by atoms with E-state index in [1.165, 1.54) is 22.8 Å². The van der Waals surface area contributed by atoms with E-state index in [1.807, 2.05) is 30.3 Å². The minimum atomic E-state index is -0.329. The predicted molar refractivity (Wildman–Crippen MR) is 96.9 cm³/mol. The molecule has 0 radical (unpaired) electrons. The molecule has 26 heavy (non-hydrogen) atoms. The van der Waals surface area contributed by atoms with Crippen molar-refractivity contribution in [1.82, 2.24) is 14.9 Å². The van der Waals surface area contributed by atoms with E-state index in [0.29, 0.717) is 11.5 Å². The minimum absolute atomic E-state index is 0.141. The molecule has 6 heteroatoms. The summed E-state index contributed by atoms with van der Waals surface area (Å²) in [7, 11) is 0. The lowest BCUT2D eigenvalue weighted by atomic mass is 10.2. The Hall–Kier alpha value is -3.28. The summed E-state index contributed by atoms with van der Waals surface area (Å²) in [5, 5.41) is 2.74. The molecule has 0 fully saturated rings. The summed E-state index contributed by atoms with van der Waals surface area (Å²) < 4.78 is 14.3. The number of carbonyl (C=O) groups excluding carboxylic acids is 1. The van der Waals surface area contributed by atoms with Gasteiger partial charge in [-0.3, -0.25) is 14.2 Å². The van der Waals surface area contributed by atoms with Crippen molar-refractivity contribution in [3.8, 4) is 11.4 Å². The van der Waals surface area contributed by atoms with Gasteiger partial charge in [0.05, 0.1) is 0 Å². The zero-order valence-corrected chi connectivity index (χ0v) is 14.3. The van der Waals surface area contributed by atoms with Crippen molar-refractivity contribution < 1.29 is 9.18 Å². The molecule has 1 amide bonds. The maximum absolute atomic E-state index is 12.9. The molecule has 0 saturated carbocycles. The van der Waals surface area contributed by atoms with Crippen LogP contribution in [-0.4, -0.2) is 15.5 Å².